The van der Waals surface area contributed by atoms with Crippen molar-refractivity contribution in [1.29, 1.82) is 0 Å². The third kappa shape index (κ3) is 6.47. The lowest BCUT2D eigenvalue weighted by atomic mass is 10.2. The van der Waals surface area contributed by atoms with Gasteiger partial charge in [-0.25, -0.2) is 0 Å². The molecule has 3 rings (SSSR count). The fourth-order valence-electron chi connectivity index (χ4n) is 2.57. The minimum Gasteiger partial charge on any atom is -0.497 e. The number of benzene rings is 3. The van der Waals surface area contributed by atoms with Crippen LogP contribution in [0.4, 0.5) is 0 Å². The summed E-state index contributed by atoms with van der Waals surface area (Å²) in [5, 5.41) is 4.17. The zero-order chi connectivity index (χ0) is 18.2. The molecule has 3 aromatic rings. The first kappa shape index (κ1) is 21.1. The summed E-state index contributed by atoms with van der Waals surface area (Å²) in [6, 6.07) is 23.9. The molecule has 0 fully saturated rings. The average molecular weight is 404 g/mol. The molecule has 0 spiro atoms. The second-order valence-corrected chi connectivity index (χ2v) is 6.38. The predicted octanol–water partition coefficient (Wildman–Crippen LogP) is 5.64. The molecular formula is C22H23Cl2NO2. The van der Waals surface area contributed by atoms with Crippen molar-refractivity contribution in [3.05, 3.63) is 94.5 Å². The Morgan fingerprint density at radius 3 is 1.89 bits per heavy atom. The number of hydrogen-bond acceptors (Lipinski definition) is 3. The van der Waals surface area contributed by atoms with Gasteiger partial charge in [-0.1, -0.05) is 54.1 Å². The van der Waals surface area contributed by atoms with Gasteiger partial charge in [0.15, 0.2) is 0 Å². The Labute approximate surface area is 171 Å². The fourth-order valence-corrected chi connectivity index (χ4v) is 2.76. The number of ether oxygens (including phenoxy) is 2. The number of nitrogens with one attached hydrogen (secondary N) is 1. The van der Waals surface area contributed by atoms with Gasteiger partial charge in [0, 0.05) is 23.7 Å². The molecule has 0 saturated carbocycles. The number of hydrogen-bond donors (Lipinski definition) is 1. The summed E-state index contributed by atoms with van der Waals surface area (Å²) in [6.45, 7) is 2.08. The van der Waals surface area contributed by atoms with E-state index in [1.807, 2.05) is 48.5 Å². The molecule has 142 valence electrons. The molecule has 0 aliphatic heterocycles. The fraction of sp³-hybridized carbons (Fsp3) is 0.182. The third-order valence-corrected chi connectivity index (χ3v) is 4.46. The topological polar surface area (TPSA) is 30.5 Å². The Kier molecular flexibility index (Phi) is 8.46. The summed E-state index contributed by atoms with van der Waals surface area (Å²) in [4.78, 5) is 0. The minimum atomic E-state index is 0. The smallest absolute Gasteiger partial charge is 0.119 e. The third-order valence-electron chi connectivity index (χ3n) is 4.09. The zero-order valence-electron chi connectivity index (χ0n) is 15.2. The van der Waals surface area contributed by atoms with E-state index in [-0.39, 0.29) is 12.4 Å². The molecule has 0 amide bonds. The largest absolute Gasteiger partial charge is 0.497 e. The van der Waals surface area contributed by atoms with Gasteiger partial charge in [-0.2, -0.15) is 0 Å². The summed E-state index contributed by atoms with van der Waals surface area (Å²) in [6.07, 6.45) is 0. The van der Waals surface area contributed by atoms with Gasteiger partial charge in [0.05, 0.1) is 7.11 Å². The lowest BCUT2D eigenvalue weighted by Gasteiger charge is -2.09. The summed E-state index contributed by atoms with van der Waals surface area (Å²) < 4.78 is 11.0. The van der Waals surface area contributed by atoms with Crippen molar-refractivity contribution in [2.24, 2.45) is 0 Å². The van der Waals surface area contributed by atoms with Crippen molar-refractivity contribution >= 4 is 24.0 Å². The first-order valence-electron chi connectivity index (χ1n) is 8.53. The molecule has 1 N–H and O–H groups in total. The molecule has 27 heavy (non-hydrogen) atoms. The summed E-state index contributed by atoms with van der Waals surface area (Å²) in [5.74, 6) is 1.71. The van der Waals surface area contributed by atoms with Crippen LogP contribution in [0.25, 0.3) is 0 Å². The minimum absolute atomic E-state index is 0. The second-order valence-electron chi connectivity index (χ2n) is 5.98. The van der Waals surface area contributed by atoms with Crippen molar-refractivity contribution in [2.45, 2.75) is 19.7 Å². The molecule has 0 heterocycles. The van der Waals surface area contributed by atoms with E-state index in [0.717, 1.165) is 35.2 Å². The van der Waals surface area contributed by atoms with E-state index in [1.165, 1.54) is 11.1 Å². The number of rotatable bonds is 8. The molecule has 0 radical (unpaired) electrons. The molecule has 3 nitrogen and oxygen atoms in total. The Morgan fingerprint density at radius 2 is 1.33 bits per heavy atom. The highest BCUT2D eigenvalue weighted by Crippen LogP contribution is 2.19. The molecule has 0 unspecified atom stereocenters. The van der Waals surface area contributed by atoms with Crippen LogP contribution < -0.4 is 14.8 Å². The van der Waals surface area contributed by atoms with Crippen LogP contribution in [0.1, 0.15) is 16.7 Å². The molecule has 0 atom stereocenters. The number of halogens is 2. The first-order chi connectivity index (χ1) is 12.7. The summed E-state index contributed by atoms with van der Waals surface area (Å²) in [7, 11) is 1.68. The second kappa shape index (κ2) is 10.8. The van der Waals surface area contributed by atoms with Crippen LogP contribution >= 0.6 is 24.0 Å². The highest BCUT2D eigenvalue weighted by Gasteiger charge is 2.01. The normalized spacial score (nSPS) is 10.1. The van der Waals surface area contributed by atoms with Crippen molar-refractivity contribution < 1.29 is 9.47 Å². The average Bonchev–Trinajstić information content (AvgIpc) is 2.69. The van der Waals surface area contributed by atoms with Crippen molar-refractivity contribution in [1.82, 2.24) is 5.32 Å². The van der Waals surface area contributed by atoms with E-state index in [2.05, 4.69) is 29.6 Å². The number of methoxy groups -OCH3 is 1. The Hall–Kier alpha value is -2.20. The van der Waals surface area contributed by atoms with E-state index >= 15 is 0 Å². The van der Waals surface area contributed by atoms with Crippen molar-refractivity contribution in [3.63, 3.8) is 0 Å². The quantitative estimate of drug-likeness (QED) is 0.527. The van der Waals surface area contributed by atoms with E-state index in [9.17, 15) is 0 Å². The monoisotopic (exact) mass is 403 g/mol. The molecule has 5 heteroatoms. The molecular weight excluding hydrogens is 381 g/mol. The van der Waals surface area contributed by atoms with Gasteiger partial charge in [0.25, 0.3) is 0 Å². The molecule has 0 aliphatic carbocycles. The first-order valence-corrected chi connectivity index (χ1v) is 8.91. The van der Waals surface area contributed by atoms with Crippen molar-refractivity contribution in [2.75, 3.05) is 7.11 Å². The van der Waals surface area contributed by atoms with E-state index in [0.29, 0.717) is 6.61 Å². The van der Waals surface area contributed by atoms with Gasteiger partial charge in [-0.15, -0.1) is 12.4 Å². The predicted molar refractivity (Wildman–Crippen MR) is 113 cm³/mol. The van der Waals surface area contributed by atoms with Gasteiger partial charge < -0.3 is 14.8 Å². The molecule has 3 aromatic carbocycles. The molecule has 0 bridgehead atoms. The van der Waals surface area contributed by atoms with Crippen LogP contribution in [0.15, 0.2) is 72.8 Å². The summed E-state index contributed by atoms with van der Waals surface area (Å²) in [5.41, 5.74) is 3.42. The summed E-state index contributed by atoms with van der Waals surface area (Å²) >= 11 is 6.15. The van der Waals surface area contributed by atoms with Crippen LogP contribution in [0.5, 0.6) is 11.5 Å². The highest BCUT2D eigenvalue weighted by molar-refractivity contribution is 6.31. The van der Waals surface area contributed by atoms with Crippen LogP contribution in [0.2, 0.25) is 5.02 Å². The highest BCUT2D eigenvalue weighted by atomic mass is 35.5. The van der Waals surface area contributed by atoms with Gasteiger partial charge in [-0.05, 0) is 41.5 Å². The SMILES string of the molecule is COc1ccc(CNCc2ccc(OCc3ccccc3Cl)cc2)cc1.Cl. The zero-order valence-corrected chi connectivity index (χ0v) is 16.7. The van der Waals surface area contributed by atoms with Crippen LogP contribution in [-0.2, 0) is 19.7 Å². The Morgan fingerprint density at radius 1 is 0.778 bits per heavy atom. The van der Waals surface area contributed by atoms with E-state index in [4.69, 9.17) is 21.1 Å². The standard InChI is InChI=1S/C22H22ClNO2.ClH/c1-25-20-10-6-17(7-11-20)14-24-15-18-8-12-21(13-9-18)26-16-19-4-2-3-5-22(19)23;/h2-13,24H,14-16H2,1H3;1H. The van der Waals surface area contributed by atoms with Gasteiger partial charge in [-0.3, -0.25) is 0 Å². The Balaban J connectivity index is 0.00000261. The van der Waals surface area contributed by atoms with Crippen LogP contribution in [-0.4, -0.2) is 7.11 Å². The molecule has 0 saturated heterocycles. The maximum absolute atomic E-state index is 6.15. The van der Waals surface area contributed by atoms with E-state index < -0.39 is 0 Å². The lowest BCUT2D eigenvalue weighted by Crippen LogP contribution is -2.12. The van der Waals surface area contributed by atoms with E-state index in [1.54, 1.807) is 7.11 Å². The van der Waals surface area contributed by atoms with Gasteiger partial charge in [0.1, 0.15) is 18.1 Å². The van der Waals surface area contributed by atoms with Gasteiger partial charge >= 0.3 is 0 Å². The van der Waals surface area contributed by atoms with Crippen molar-refractivity contribution in [3.8, 4) is 11.5 Å². The lowest BCUT2D eigenvalue weighted by molar-refractivity contribution is 0.306. The molecule has 0 aliphatic rings. The van der Waals surface area contributed by atoms with Crippen LogP contribution in [0.3, 0.4) is 0 Å². The van der Waals surface area contributed by atoms with Gasteiger partial charge in [0.2, 0.25) is 0 Å². The van der Waals surface area contributed by atoms with Crippen LogP contribution in [0, 0.1) is 0 Å². The maximum Gasteiger partial charge on any atom is 0.119 e. The maximum atomic E-state index is 6.15. The Bertz CT molecular complexity index is 820. The molecule has 0 aromatic heterocycles.